The van der Waals surface area contributed by atoms with Crippen LogP contribution in [0.2, 0.25) is 0 Å². The van der Waals surface area contributed by atoms with Crippen LogP contribution in [0.15, 0.2) is 76.5 Å². The summed E-state index contributed by atoms with van der Waals surface area (Å²) in [4.78, 5) is 23.8. The number of thiazole rings is 1. The first kappa shape index (κ1) is 22.1. The van der Waals surface area contributed by atoms with Crippen LogP contribution < -0.4 is 0 Å². The number of hydrogen-bond acceptors (Lipinski definition) is 6. The number of aromatic nitrogens is 2. The topological polar surface area (TPSA) is 83.5 Å². The lowest BCUT2D eigenvalue weighted by atomic mass is 10.1. The first-order valence-electron chi connectivity index (χ1n) is 10.3. The predicted molar refractivity (Wildman–Crippen MR) is 132 cm³/mol. The molecule has 2 aromatic carbocycles. The van der Waals surface area contributed by atoms with Gasteiger partial charge in [0.15, 0.2) is 0 Å². The van der Waals surface area contributed by atoms with E-state index in [9.17, 15) is 13.2 Å². The van der Waals surface area contributed by atoms with Crippen LogP contribution in [0.25, 0.3) is 21.3 Å². The third kappa shape index (κ3) is 4.43. The molecular formula is C23H19BrN4O3S2. The summed E-state index contributed by atoms with van der Waals surface area (Å²) >= 11 is 4.76. The molecule has 0 bridgehead atoms. The minimum absolute atomic E-state index is 0.124. The number of halogens is 1. The number of nitrogens with zero attached hydrogens (tertiary/aromatic N) is 4. The number of piperazine rings is 1. The second kappa shape index (κ2) is 8.94. The predicted octanol–water partition coefficient (Wildman–Crippen LogP) is 4.27. The molecule has 1 amide bonds. The fourth-order valence-electron chi connectivity index (χ4n) is 3.79. The van der Waals surface area contributed by atoms with Gasteiger partial charge in [-0.05, 0) is 47.2 Å². The summed E-state index contributed by atoms with van der Waals surface area (Å²) < 4.78 is 28.8. The average molecular weight is 543 g/mol. The molecule has 1 aliphatic heterocycles. The molecular weight excluding hydrogens is 524 g/mol. The summed E-state index contributed by atoms with van der Waals surface area (Å²) in [5.41, 5.74) is 0.910. The standard InChI is InChI=1S/C23H19BrN4O3S2/c24-19-3-1-18-14-20(4-2-17(18)13-19)33(30,31)28-11-9-27(10-12-28)23(29)21-15-26-22(32-21)16-5-7-25-8-6-16/h1-8,13-15H,9-12H2. The van der Waals surface area contributed by atoms with Crippen LogP contribution in [0.3, 0.4) is 0 Å². The lowest BCUT2D eigenvalue weighted by Gasteiger charge is -2.33. The van der Waals surface area contributed by atoms with Gasteiger partial charge in [0, 0.05) is 48.6 Å². The molecule has 5 rings (SSSR count). The van der Waals surface area contributed by atoms with E-state index in [4.69, 9.17) is 0 Å². The van der Waals surface area contributed by atoms with E-state index in [1.54, 1.807) is 35.6 Å². The van der Waals surface area contributed by atoms with Crippen molar-refractivity contribution in [2.24, 2.45) is 0 Å². The van der Waals surface area contributed by atoms with Gasteiger partial charge in [-0.3, -0.25) is 9.78 Å². The van der Waals surface area contributed by atoms with Crippen molar-refractivity contribution in [3.63, 3.8) is 0 Å². The Morgan fingerprint density at radius 1 is 0.939 bits per heavy atom. The number of amides is 1. The summed E-state index contributed by atoms with van der Waals surface area (Å²) in [5, 5.41) is 2.59. The Bertz CT molecular complexity index is 1430. The molecule has 0 atom stereocenters. The zero-order valence-corrected chi connectivity index (χ0v) is 20.6. The second-order valence-corrected chi connectivity index (χ2v) is 11.5. The van der Waals surface area contributed by atoms with E-state index >= 15 is 0 Å². The minimum Gasteiger partial charge on any atom is -0.335 e. The molecule has 3 heterocycles. The Kier molecular flexibility index (Phi) is 6.00. The van der Waals surface area contributed by atoms with Crippen LogP contribution in [-0.2, 0) is 10.0 Å². The fraction of sp³-hybridized carbons (Fsp3) is 0.174. The Morgan fingerprint density at radius 2 is 1.64 bits per heavy atom. The number of sulfonamides is 1. The molecule has 1 aliphatic rings. The zero-order valence-electron chi connectivity index (χ0n) is 17.4. The van der Waals surface area contributed by atoms with Crippen LogP contribution in [0.1, 0.15) is 9.67 Å². The van der Waals surface area contributed by atoms with Crippen molar-refractivity contribution in [2.45, 2.75) is 4.90 Å². The maximum atomic E-state index is 13.2. The van der Waals surface area contributed by atoms with E-state index in [2.05, 4.69) is 25.9 Å². The Labute approximate surface area is 203 Å². The van der Waals surface area contributed by atoms with Gasteiger partial charge in [0.05, 0.1) is 11.1 Å². The molecule has 0 unspecified atom stereocenters. The van der Waals surface area contributed by atoms with Gasteiger partial charge >= 0.3 is 0 Å². The number of fused-ring (bicyclic) bond motifs is 1. The molecule has 0 saturated carbocycles. The second-order valence-electron chi connectivity index (χ2n) is 7.62. The molecule has 0 aliphatic carbocycles. The Morgan fingerprint density at radius 3 is 2.39 bits per heavy atom. The largest absolute Gasteiger partial charge is 0.335 e. The minimum atomic E-state index is -3.64. The maximum Gasteiger partial charge on any atom is 0.265 e. The van der Waals surface area contributed by atoms with Gasteiger partial charge in [0.25, 0.3) is 5.91 Å². The monoisotopic (exact) mass is 542 g/mol. The van der Waals surface area contributed by atoms with Crippen molar-refractivity contribution in [3.8, 4) is 10.6 Å². The third-order valence-corrected chi connectivity index (χ3v) is 9.00. The van der Waals surface area contributed by atoms with Crippen LogP contribution in [0, 0.1) is 0 Å². The van der Waals surface area contributed by atoms with Crippen LogP contribution in [0.4, 0.5) is 0 Å². The fourth-order valence-corrected chi connectivity index (χ4v) is 6.52. The molecule has 1 fully saturated rings. The van der Waals surface area contributed by atoms with Crippen LogP contribution in [0.5, 0.6) is 0 Å². The molecule has 2 aromatic heterocycles. The first-order valence-corrected chi connectivity index (χ1v) is 13.3. The molecule has 7 nitrogen and oxygen atoms in total. The number of pyridine rings is 1. The van der Waals surface area contributed by atoms with Crippen LogP contribution in [-0.4, -0.2) is 59.7 Å². The molecule has 0 spiro atoms. The Balaban J connectivity index is 1.28. The third-order valence-electron chi connectivity index (χ3n) is 5.58. The van der Waals surface area contributed by atoms with Crippen molar-refractivity contribution in [1.29, 1.82) is 0 Å². The number of carbonyl (C=O) groups excluding carboxylic acids is 1. The van der Waals surface area contributed by atoms with E-state index < -0.39 is 10.0 Å². The SMILES string of the molecule is O=C(c1cnc(-c2ccncc2)s1)N1CCN(S(=O)(=O)c2ccc3cc(Br)ccc3c2)CC1. The normalized spacial score (nSPS) is 15.1. The zero-order chi connectivity index (χ0) is 23.0. The van der Waals surface area contributed by atoms with E-state index in [1.807, 2.05) is 36.4 Å². The number of benzene rings is 2. The van der Waals surface area contributed by atoms with E-state index in [0.29, 0.717) is 18.0 Å². The molecule has 4 aromatic rings. The van der Waals surface area contributed by atoms with Crippen LogP contribution >= 0.6 is 27.3 Å². The highest BCUT2D eigenvalue weighted by molar-refractivity contribution is 9.10. The van der Waals surface area contributed by atoms with E-state index in [-0.39, 0.29) is 23.9 Å². The summed E-state index contributed by atoms with van der Waals surface area (Å²) in [6.45, 7) is 1.17. The smallest absolute Gasteiger partial charge is 0.265 e. The quantitative estimate of drug-likeness (QED) is 0.384. The molecule has 0 radical (unpaired) electrons. The number of carbonyl (C=O) groups is 1. The molecule has 1 saturated heterocycles. The van der Waals surface area contributed by atoms with Gasteiger partial charge < -0.3 is 4.90 Å². The summed E-state index contributed by atoms with van der Waals surface area (Å²) in [7, 11) is -3.64. The summed E-state index contributed by atoms with van der Waals surface area (Å²) in [6.07, 6.45) is 4.96. The van der Waals surface area contributed by atoms with Crippen molar-refractivity contribution in [2.75, 3.05) is 26.2 Å². The summed E-state index contributed by atoms with van der Waals surface area (Å²) in [5.74, 6) is -0.124. The average Bonchev–Trinajstić information content (AvgIpc) is 3.34. The van der Waals surface area contributed by atoms with Gasteiger partial charge in [0.1, 0.15) is 9.88 Å². The maximum absolute atomic E-state index is 13.2. The Hall–Kier alpha value is -2.66. The highest BCUT2D eigenvalue weighted by Crippen LogP contribution is 2.27. The molecule has 0 N–H and O–H groups in total. The lowest BCUT2D eigenvalue weighted by molar-refractivity contribution is 0.0702. The summed E-state index contributed by atoms with van der Waals surface area (Å²) in [6, 6.07) is 14.6. The number of hydrogen-bond donors (Lipinski definition) is 0. The van der Waals surface area contributed by atoms with Crippen molar-refractivity contribution in [3.05, 3.63) is 76.5 Å². The van der Waals surface area contributed by atoms with Gasteiger partial charge in [-0.2, -0.15) is 4.31 Å². The molecule has 168 valence electrons. The van der Waals surface area contributed by atoms with Gasteiger partial charge in [-0.25, -0.2) is 13.4 Å². The van der Waals surface area contributed by atoms with Crippen molar-refractivity contribution < 1.29 is 13.2 Å². The lowest BCUT2D eigenvalue weighted by Crippen LogP contribution is -2.50. The highest BCUT2D eigenvalue weighted by atomic mass is 79.9. The van der Waals surface area contributed by atoms with E-state index in [0.717, 1.165) is 25.8 Å². The molecule has 33 heavy (non-hydrogen) atoms. The van der Waals surface area contributed by atoms with E-state index in [1.165, 1.54) is 15.6 Å². The van der Waals surface area contributed by atoms with Gasteiger partial charge in [0.2, 0.25) is 10.0 Å². The van der Waals surface area contributed by atoms with Gasteiger partial charge in [-0.15, -0.1) is 11.3 Å². The number of rotatable bonds is 4. The first-order chi connectivity index (χ1) is 15.9. The molecule has 10 heteroatoms. The van der Waals surface area contributed by atoms with Crippen molar-refractivity contribution >= 4 is 54.0 Å². The van der Waals surface area contributed by atoms with Crippen molar-refractivity contribution in [1.82, 2.24) is 19.2 Å². The highest BCUT2D eigenvalue weighted by Gasteiger charge is 2.31. The van der Waals surface area contributed by atoms with Gasteiger partial charge in [-0.1, -0.05) is 28.1 Å².